The van der Waals surface area contributed by atoms with E-state index in [2.05, 4.69) is 5.32 Å². The van der Waals surface area contributed by atoms with Crippen LogP contribution in [-0.4, -0.2) is 50.9 Å². The van der Waals surface area contributed by atoms with Crippen LogP contribution in [0.1, 0.15) is 44.6 Å². The topological polar surface area (TPSA) is 96.0 Å². The van der Waals surface area contributed by atoms with Crippen LogP contribution in [0.4, 0.5) is 5.69 Å². The third-order valence-corrected chi connectivity index (χ3v) is 9.93. The number of para-hydroxylation sites is 2. The number of ether oxygens (including phenoxy) is 1. The number of hydrogen-bond acceptors (Lipinski definition) is 5. The Kier molecular flexibility index (Phi) is 10.8. The second-order valence-electron chi connectivity index (χ2n) is 10.3. The highest BCUT2D eigenvalue weighted by Crippen LogP contribution is 2.33. The Labute approximate surface area is 257 Å². The van der Waals surface area contributed by atoms with Crippen LogP contribution in [0.15, 0.2) is 77.7 Å². The molecule has 0 bridgehead atoms. The first-order valence-corrected chi connectivity index (χ1v) is 16.1. The molecule has 0 radical (unpaired) electrons. The molecular formula is C31H35Cl2N3O5S. The van der Waals surface area contributed by atoms with Crippen LogP contribution in [0.25, 0.3) is 0 Å². The van der Waals surface area contributed by atoms with Gasteiger partial charge in [-0.25, -0.2) is 8.42 Å². The van der Waals surface area contributed by atoms with Gasteiger partial charge >= 0.3 is 0 Å². The van der Waals surface area contributed by atoms with Crippen molar-refractivity contribution in [1.82, 2.24) is 10.2 Å². The van der Waals surface area contributed by atoms with Gasteiger partial charge in [-0.2, -0.15) is 0 Å². The normalized spacial score (nSPS) is 14.6. The zero-order chi connectivity index (χ0) is 30.3. The fraction of sp³-hybridized carbons (Fsp3) is 0.355. The molecule has 1 saturated carbocycles. The standard InChI is InChI=1S/C31H35Cl2N3O5S/c1-22(31(38)34-24-11-5-3-6-12-24)35(20-23-17-18-26(32)27(33)19-23)30(37)21-36(28-15-9-10-16-29(28)41-2)42(39,40)25-13-7-4-8-14-25/h4,7-10,13-19,22,24H,3,5-6,11-12,20-21H2,1-2H3,(H,34,38)/t22-/m0/s1. The summed E-state index contributed by atoms with van der Waals surface area (Å²) in [6, 6.07) is 18.6. The first kappa shape index (κ1) is 31.7. The molecule has 4 rings (SSSR count). The molecule has 42 heavy (non-hydrogen) atoms. The zero-order valence-electron chi connectivity index (χ0n) is 23.6. The second kappa shape index (κ2) is 14.3. The van der Waals surface area contributed by atoms with Crippen molar-refractivity contribution in [1.29, 1.82) is 0 Å². The lowest BCUT2D eigenvalue weighted by atomic mass is 9.95. The smallest absolute Gasteiger partial charge is 0.264 e. The van der Waals surface area contributed by atoms with Crippen LogP contribution >= 0.6 is 23.2 Å². The number of benzene rings is 3. The number of nitrogens with zero attached hydrogens (tertiary/aromatic N) is 2. The predicted octanol–water partition coefficient (Wildman–Crippen LogP) is 6.06. The van der Waals surface area contributed by atoms with Crippen LogP contribution in [0, 0.1) is 0 Å². The van der Waals surface area contributed by atoms with E-state index in [1.54, 1.807) is 67.6 Å². The summed E-state index contributed by atoms with van der Waals surface area (Å²) in [6.45, 7) is 1.09. The number of hydrogen-bond donors (Lipinski definition) is 1. The molecular weight excluding hydrogens is 597 g/mol. The maximum atomic E-state index is 14.1. The minimum atomic E-state index is -4.20. The Bertz CT molecular complexity index is 1500. The van der Waals surface area contributed by atoms with Crippen molar-refractivity contribution in [2.75, 3.05) is 18.0 Å². The van der Waals surface area contributed by atoms with E-state index in [-0.39, 0.29) is 34.8 Å². The van der Waals surface area contributed by atoms with Crippen molar-refractivity contribution in [3.05, 3.63) is 88.4 Å². The van der Waals surface area contributed by atoms with Crippen molar-refractivity contribution in [2.24, 2.45) is 0 Å². The van der Waals surface area contributed by atoms with Gasteiger partial charge in [0.25, 0.3) is 10.0 Å². The van der Waals surface area contributed by atoms with Gasteiger partial charge in [-0.3, -0.25) is 13.9 Å². The number of amides is 2. The van der Waals surface area contributed by atoms with Gasteiger partial charge in [0, 0.05) is 12.6 Å². The summed E-state index contributed by atoms with van der Waals surface area (Å²) < 4.78 is 34.4. The van der Waals surface area contributed by atoms with Crippen LogP contribution in [0.2, 0.25) is 10.0 Å². The summed E-state index contributed by atoms with van der Waals surface area (Å²) >= 11 is 12.4. The van der Waals surface area contributed by atoms with Gasteiger partial charge in [-0.15, -0.1) is 0 Å². The Morgan fingerprint density at radius 1 is 0.952 bits per heavy atom. The molecule has 1 fully saturated rings. The largest absolute Gasteiger partial charge is 0.495 e. The average Bonchev–Trinajstić information content (AvgIpc) is 3.00. The summed E-state index contributed by atoms with van der Waals surface area (Å²) in [5.74, 6) is -0.591. The molecule has 0 heterocycles. The maximum absolute atomic E-state index is 14.1. The first-order chi connectivity index (χ1) is 20.1. The van der Waals surface area contributed by atoms with Crippen LogP contribution < -0.4 is 14.4 Å². The quantitative estimate of drug-likeness (QED) is 0.277. The third-order valence-electron chi connectivity index (χ3n) is 7.42. The Morgan fingerprint density at radius 3 is 2.29 bits per heavy atom. The van der Waals surface area contributed by atoms with E-state index in [1.807, 2.05) is 0 Å². The molecule has 0 saturated heterocycles. The number of carbonyl (C=O) groups is 2. The molecule has 1 aliphatic rings. The molecule has 1 N–H and O–H groups in total. The van der Waals surface area contributed by atoms with Crippen molar-refractivity contribution in [2.45, 2.75) is 62.6 Å². The van der Waals surface area contributed by atoms with Gasteiger partial charge in [0.2, 0.25) is 11.8 Å². The lowest BCUT2D eigenvalue weighted by Gasteiger charge is -2.33. The van der Waals surface area contributed by atoms with Gasteiger partial charge in [0.15, 0.2) is 0 Å². The zero-order valence-corrected chi connectivity index (χ0v) is 26.0. The van der Waals surface area contributed by atoms with Crippen LogP contribution in [-0.2, 0) is 26.2 Å². The molecule has 1 aliphatic carbocycles. The SMILES string of the molecule is COc1ccccc1N(CC(=O)N(Cc1ccc(Cl)c(Cl)c1)[C@@H](C)C(=O)NC1CCCCC1)S(=O)(=O)c1ccccc1. The number of nitrogens with one attached hydrogen (secondary N) is 1. The van der Waals surface area contributed by atoms with Crippen molar-refractivity contribution < 1.29 is 22.7 Å². The molecule has 8 nitrogen and oxygen atoms in total. The molecule has 224 valence electrons. The van der Waals surface area contributed by atoms with E-state index in [0.29, 0.717) is 15.6 Å². The maximum Gasteiger partial charge on any atom is 0.264 e. The van der Waals surface area contributed by atoms with Gasteiger partial charge in [-0.05, 0) is 61.7 Å². The highest BCUT2D eigenvalue weighted by molar-refractivity contribution is 7.92. The fourth-order valence-corrected chi connectivity index (χ4v) is 6.82. The molecule has 1 atom stereocenters. The number of anilines is 1. The molecule has 0 aromatic heterocycles. The van der Waals surface area contributed by atoms with Crippen molar-refractivity contribution in [3.8, 4) is 5.75 Å². The molecule has 11 heteroatoms. The van der Waals surface area contributed by atoms with Gasteiger partial charge < -0.3 is 15.0 Å². The molecule has 0 unspecified atom stereocenters. The minimum Gasteiger partial charge on any atom is -0.495 e. The first-order valence-electron chi connectivity index (χ1n) is 13.9. The summed E-state index contributed by atoms with van der Waals surface area (Å²) in [5.41, 5.74) is 0.843. The summed E-state index contributed by atoms with van der Waals surface area (Å²) in [4.78, 5) is 29.0. The second-order valence-corrected chi connectivity index (χ2v) is 13.0. The van der Waals surface area contributed by atoms with E-state index in [0.717, 1.165) is 36.4 Å². The van der Waals surface area contributed by atoms with E-state index in [4.69, 9.17) is 27.9 Å². The lowest BCUT2D eigenvalue weighted by molar-refractivity contribution is -0.139. The fourth-order valence-electron chi connectivity index (χ4n) is 5.05. The highest BCUT2D eigenvalue weighted by Gasteiger charge is 2.34. The molecule has 3 aromatic carbocycles. The number of methoxy groups -OCH3 is 1. The van der Waals surface area contributed by atoms with Gasteiger partial charge in [0.1, 0.15) is 18.3 Å². The number of carbonyl (C=O) groups excluding carboxylic acids is 2. The van der Waals surface area contributed by atoms with Crippen molar-refractivity contribution >= 4 is 50.7 Å². The molecule has 0 aliphatic heterocycles. The average molecular weight is 633 g/mol. The van der Waals surface area contributed by atoms with E-state index in [9.17, 15) is 18.0 Å². The summed E-state index contributed by atoms with van der Waals surface area (Å²) in [7, 11) is -2.77. The van der Waals surface area contributed by atoms with Crippen LogP contribution in [0.3, 0.4) is 0 Å². The van der Waals surface area contributed by atoms with Gasteiger partial charge in [-0.1, -0.05) is 78.9 Å². The summed E-state index contributed by atoms with van der Waals surface area (Å²) in [5, 5.41) is 3.76. The minimum absolute atomic E-state index is 0.0140. The van der Waals surface area contributed by atoms with Crippen LogP contribution in [0.5, 0.6) is 5.75 Å². The Hall–Kier alpha value is -3.27. The lowest BCUT2D eigenvalue weighted by Crippen LogP contribution is -2.53. The Balaban J connectivity index is 1.71. The van der Waals surface area contributed by atoms with Gasteiger partial charge in [0.05, 0.1) is 27.7 Å². The monoisotopic (exact) mass is 631 g/mol. The Morgan fingerprint density at radius 2 is 1.62 bits per heavy atom. The van der Waals surface area contributed by atoms with Crippen molar-refractivity contribution in [3.63, 3.8) is 0 Å². The molecule has 2 amide bonds. The van der Waals surface area contributed by atoms with E-state index >= 15 is 0 Å². The number of rotatable bonds is 11. The summed E-state index contributed by atoms with van der Waals surface area (Å²) in [6.07, 6.45) is 4.98. The highest BCUT2D eigenvalue weighted by atomic mass is 35.5. The van der Waals surface area contributed by atoms with E-state index in [1.165, 1.54) is 24.1 Å². The molecule has 3 aromatic rings. The number of halogens is 2. The van der Waals surface area contributed by atoms with E-state index < -0.39 is 28.5 Å². The predicted molar refractivity (Wildman–Crippen MR) is 165 cm³/mol. The number of sulfonamides is 1. The third kappa shape index (κ3) is 7.56. The molecule has 0 spiro atoms.